The molecule has 2 N–H and O–H groups in total. The van der Waals surface area contributed by atoms with E-state index in [1.54, 1.807) is 44.2 Å². The Kier molecular flexibility index (Phi) is 6.37. The Bertz CT molecular complexity index is 1490. The number of halogens is 4. The maximum atomic E-state index is 13.5. The average Bonchev–Trinajstić information content (AvgIpc) is 3.25. The van der Waals surface area contributed by atoms with Crippen LogP contribution in [0.1, 0.15) is 40.4 Å². The van der Waals surface area contributed by atoms with Crippen LogP contribution < -0.4 is 10.6 Å². The third kappa shape index (κ3) is 4.90. The van der Waals surface area contributed by atoms with Gasteiger partial charge in [0.25, 0.3) is 11.8 Å². The summed E-state index contributed by atoms with van der Waals surface area (Å²) in [6.45, 7) is 3.55. The molecule has 11 heteroatoms. The molecule has 3 aromatic rings. The molecule has 2 heterocycles. The molecular formula is C24H17ClF3N5O2. The number of benzene rings is 2. The van der Waals surface area contributed by atoms with Crippen molar-refractivity contribution in [1.82, 2.24) is 15.1 Å². The molecule has 4 rings (SSSR count). The lowest BCUT2D eigenvalue weighted by Gasteiger charge is -2.16. The summed E-state index contributed by atoms with van der Waals surface area (Å²) in [7, 11) is 0. The molecule has 35 heavy (non-hydrogen) atoms. The normalized spacial score (nSPS) is 13.1. The summed E-state index contributed by atoms with van der Waals surface area (Å²) >= 11 is 6.04. The van der Waals surface area contributed by atoms with E-state index in [2.05, 4.69) is 32.2 Å². The quantitative estimate of drug-likeness (QED) is 0.490. The number of anilines is 1. The Labute approximate surface area is 202 Å². The van der Waals surface area contributed by atoms with Gasteiger partial charge >= 0.3 is 6.18 Å². The first-order chi connectivity index (χ1) is 16.6. The summed E-state index contributed by atoms with van der Waals surface area (Å²) in [5, 5.41) is 9.92. The second-order valence-electron chi connectivity index (χ2n) is 7.78. The highest BCUT2D eigenvalue weighted by molar-refractivity contribution is 6.43. The fourth-order valence-electron chi connectivity index (χ4n) is 3.41. The van der Waals surface area contributed by atoms with E-state index in [4.69, 9.17) is 11.6 Å². The molecule has 7 nitrogen and oxygen atoms in total. The van der Waals surface area contributed by atoms with Crippen LogP contribution in [0, 0.1) is 0 Å². The van der Waals surface area contributed by atoms with E-state index in [1.165, 1.54) is 6.07 Å². The highest BCUT2D eigenvalue weighted by Gasteiger charge is 2.37. The van der Waals surface area contributed by atoms with E-state index in [0.717, 1.165) is 6.20 Å². The second kappa shape index (κ2) is 9.27. The predicted octanol–water partition coefficient (Wildman–Crippen LogP) is 5.10. The smallest absolute Gasteiger partial charge is 0.350 e. The lowest BCUT2D eigenvalue weighted by atomic mass is 10.0. The number of hydrogen-bond acceptors (Lipinski definition) is 4. The van der Waals surface area contributed by atoms with Gasteiger partial charge in [-0.05, 0) is 36.8 Å². The Morgan fingerprint density at radius 1 is 1.11 bits per heavy atom. The number of allylic oxidation sites excluding steroid dienone is 1. The Morgan fingerprint density at radius 3 is 2.54 bits per heavy atom. The number of amides is 2. The van der Waals surface area contributed by atoms with Crippen LogP contribution >= 0.6 is 11.6 Å². The molecule has 2 aromatic carbocycles. The van der Waals surface area contributed by atoms with Crippen molar-refractivity contribution in [1.29, 1.82) is 0 Å². The predicted molar refractivity (Wildman–Crippen MR) is 126 cm³/mol. The first-order valence-corrected chi connectivity index (χ1v) is 10.7. The monoisotopic (exact) mass is 499 g/mol. The minimum Gasteiger partial charge on any atom is -0.350 e. The molecular weight excluding hydrogens is 483 g/mol. The largest absolute Gasteiger partial charge is 0.435 e. The fraction of sp³-hybridized carbons (Fsp3) is 0.167. The van der Waals surface area contributed by atoms with Crippen LogP contribution in [0.2, 0.25) is 0 Å². The summed E-state index contributed by atoms with van der Waals surface area (Å²) in [5.41, 5.74) is 3.43. The molecule has 1 aliphatic heterocycles. The minimum absolute atomic E-state index is 0.138. The molecule has 0 radical (unpaired) electrons. The van der Waals surface area contributed by atoms with E-state index in [0.29, 0.717) is 21.5 Å². The van der Waals surface area contributed by atoms with Crippen LogP contribution in [0.4, 0.5) is 18.9 Å². The lowest BCUT2D eigenvalue weighted by molar-refractivity contribution is -0.141. The highest BCUT2D eigenvalue weighted by Crippen LogP contribution is 2.31. The molecule has 1 aromatic heterocycles. The number of nitrogens with zero attached hydrogens (tertiary/aromatic N) is 3. The van der Waals surface area contributed by atoms with Gasteiger partial charge in [0.1, 0.15) is 10.7 Å². The van der Waals surface area contributed by atoms with Crippen LogP contribution in [0.3, 0.4) is 0 Å². The van der Waals surface area contributed by atoms with Crippen molar-refractivity contribution in [3.05, 3.63) is 82.1 Å². The summed E-state index contributed by atoms with van der Waals surface area (Å²) < 4.78 is 41.1. The van der Waals surface area contributed by atoms with Crippen molar-refractivity contribution in [2.45, 2.75) is 26.1 Å². The number of aromatic nitrogens is 2. The number of alkyl halides is 3. The Balaban J connectivity index is 1.83. The number of hydrogen-bond donors (Lipinski definition) is 2. The maximum absolute atomic E-state index is 13.5. The molecule has 2 amide bonds. The minimum atomic E-state index is -4.83. The number of fused-ring (bicyclic) bond motifs is 1. The molecule has 0 fully saturated rings. The maximum Gasteiger partial charge on any atom is 0.435 e. The number of carbonyl (C=O) groups is 2. The van der Waals surface area contributed by atoms with E-state index in [1.807, 2.05) is 0 Å². The second-order valence-corrected chi connectivity index (χ2v) is 8.16. The van der Waals surface area contributed by atoms with Gasteiger partial charge in [-0.3, -0.25) is 9.59 Å². The standard InChI is InChI=1S/C24H17ClF3N5O2/c1-13(2)30-22(34)16-10-9-14-6-3-4-7-15(14)20(16)31-23(35)18-12-19(24(26,27)28)32-33(18)21-17(25)8-5-11-29-21/h3-4,6-7,9-13H,1-2H3,(H,30,34)(H,31,35). The van der Waals surface area contributed by atoms with Crippen molar-refractivity contribution in [2.24, 2.45) is 4.99 Å². The number of carbonyl (C=O) groups excluding carboxylic acids is 2. The zero-order valence-electron chi connectivity index (χ0n) is 18.4. The van der Waals surface area contributed by atoms with Crippen LogP contribution in [-0.4, -0.2) is 33.5 Å². The molecule has 178 valence electrons. The van der Waals surface area contributed by atoms with Gasteiger partial charge in [0.15, 0.2) is 11.5 Å². The van der Waals surface area contributed by atoms with Gasteiger partial charge in [-0.1, -0.05) is 41.9 Å². The first-order valence-electron chi connectivity index (χ1n) is 10.3. The molecule has 0 saturated carbocycles. The third-order valence-electron chi connectivity index (χ3n) is 4.89. The van der Waals surface area contributed by atoms with E-state index in [-0.39, 0.29) is 28.2 Å². The van der Waals surface area contributed by atoms with Gasteiger partial charge in [0, 0.05) is 17.5 Å². The molecule has 0 spiro atoms. The summed E-state index contributed by atoms with van der Waals surface area (Å²) in [4.78, 5) is 30.1. The zero-order chi connectivity index (χ0) is 25.3. The van der Waals surface area contributed by atoms with Crippen LogP contribution in [0.25, 0.3) is 10.8 Å². The van der Waals surface area contributed by atoms with Gasteiger partial charge in [0.2, 0.25) is 0 Å². The topological polar surface area (TPSA) is 88.4 Å². The molecule has 0 unspecified atom stereocenters. The van der Waals surface area contributed by atoms with E-state index >= 15 is 0 Å². The molecule has 0 saturated heterocycles. The van der Waals surface area contributed by atoms with Gasteiger partial charge in [-0.15, -0.1) is 0 Å². The number of aliphatic imine (C=N–C) groups is 1. The van der Waals surface area contributed by atoms with Crippen LogP contribution in [-0.2, 0) is 6.18 Å². The summed E-state index contributed by atoms with van der Waals surface area (Å²) in [6.07, 6.45) is -3.70. The van der Waals surface area contributed by atoms with Crippen molar-refractivity contribution in [2.75, 3.05) is 5.32 Å². The molecule has 0 atom stereocenters. The highest BCUT2D eigenvalue weighted by atomic mass is 35.5. The first kappa shape index (κ1) is 24.0. The van der Waals surface area contributed by atoms with Gasteiger partial charge < -0.3 is 10.6 Å². The van der Waals surface area contributed by atoms with Crippen molar-refractivity contribution in [3.63, 3.8) is 0 Å². The molecule has 0 aliphatic carbocycles. The van der Waals surface area contributed by atoms with Gasteiger partial charge in [-0.2, -0.15) is 18.3 Å². The SMILES string of the molecule is CC(C)NC(=O)c1ccc2ccccc2c1NC(=O)c1cc(C(F)(F)F)nn1C1=NC=C=C=C1Cl. The fourth-order valence-corrected chi connectivity index (χ4v) is 3.59. The molecule has 0 bridgehead atoms. The Morgan fingerprint density at radius 2 is 1.86 bits per heavy atom. The molecule has 1 aliphatic rings. The van der Waals surface area contributed by atoms with Crippen molar-refractivity contribution in [3.8, 4) is 0 Å². The number of nitrogens with one attached hydrogen (secondary N) is 2. The number of rotatable bonds is 4. The Hall–Kier alpha value is -4.10. The van der Waals surface area contributed by atoms with Crippen LogP contribution in [0.5, 0.6) is 0 Å². The average molecular weight is 500 g/mol. The van der Waals surface area contributed by atoms with Crippen molar-refractivity contribution >= 4 is 45.7 Å². The third-order valence-corrected chi connectivity index (χ3v) is 5.16. The van der Waals surface area contributed by atoms with Gasteiger partial charge in [0.05, 0.1) is 17.5 Å². The zero-order valence-corrected chi connectivity index (χ0v) is 19.1. The van der Waals surface area contributed by atoms with Crippen molar-refractivity contribution < 1.29 is 22.8 Å². The lowest BCUT2D eigenvalue weighted by Crippen LogP contribution is -2.31. The van der Waals surface area contributed by atoms with Gasteiger partial charge in [-0.25, -0.2) is 9.67 Å². The van der Waals surface area contributed by atoms with Crippen LogP contribution in [0.15, 0.2) is 70.2 Å². The summed E-state index contributed by atoms with van der Waals surface area (Å²) in [5.74, 6) is -1.64. The van der Waals surface area contributed by atoms with E-state index < -0.39 is 29.4 Å². The van der Waals surface area contributed by atoms with E-state index in [9.17, 15) is 22.8 Å². The summed E-state index contributed by atoms with van der Waals surface area (Å²) in [6, 6.07) is 10.6.